The summed E-state index contributed by atoms with van der Waals surface area (Å²) in [6.45, 7) is 7.88. The van der Waals surface area contributed by atoms with E-state index in [0.717, 1.165) is 16.5 Å². The lowest BCUT2D eigenvalue weighted by Crippen LogP contribution is -2.26. The number of ether oxygens (including phenoxy) is 1. The molecular weight excluding hydrogens is 416 g/mol. The van der Waals surface area contributed by atoms with Crippen LogP contribution in [0.3, 0.4) is 0 Å². The van der Waals surface area contributed by atoms with Gasteiger partial charge in [-0.2, -0.15) is 5.10 Å². The number of hydrogen-bond acceptors (Lipinski definition) is 5. The van der Waals surface area contributed by atoms with Crippen LogP contribution in [0.1, 0.15) is 53.0 Å². The Hall–Kier alpha value is -4.00. The molecule has 0 aliphatic rings. The Morgan fingerprint density at radius 1 is 1.00 bits per heavy atom. The standard InChI is InChI=1S/C26H26N4O3/c1-16(2)30-24-20(15-28-30)13-21(14-27-24)26(32)33-23(19-8-6-5-7-9-19)25(31)29-22-12-17(3)10-11-18(22)4/h5-16,23H,1-4H3,(H,29,31). The highest BCUT2D eigenvalue weighted by Gasteiger charge is 2.26. The molecular formula is C26H26N4O3. The molecule has 1 unspecified atom stereocenters. The van der Waals surface area contributed by atoms with Crippen LogP contribution in [0, 0.1) is 13.8 Å². The second-order valence-corrected chi connectivity index (χ2v) is 8.32. The maximum Gasteiger partial charge on any atom is 0.340 e. The van der Waals surface area contributed by atoms with E-state index in [-0.39, 0.29) is 11.6 Å². The molecule has 33 heavy (non-hydrogen) atoms. The van der Waals surface area contributed by atoms with E-state index in [9.17, 15) is 9.59 Å². The number of fused-ring (bicyclic) bond motifs is 1. The van der Waals surface area contributed by atoms with E-state index in [0.29, 0.717) is 16.9 Å². The Bertz CT molecular complexity index is 1310. The number of anilines is 1. The van der Waals surface area contributed by atoms with Gasteiger partial charge in [0.15, 0.2) is 5.65 Å². The predicted molar refractivity (Wildman–Crippen MR) is 127 cm³/mol. The summed E-state index contributed by atoms with van der Waals surface area (Å²) in [7, 11) is 0. The summed E-state index contributed by atoms with van der Waals surface area (Å²) in [4.78, 5) is 30.6. The lowest BCUT2D eigenvalue weighted by Gasteiger charge is -2.19. The zero-order valence-electron chi connectivity index (χ0n) is 19.1. The van der Waals surface area contributed by atoms with Crippen molar-refractivity contribution < 1.29 is 14.3 Å². The molecule has 2 aromatic heterocycles. The first-order valence-electron chi connectivity index (χ1n) is 10.8. The predicted octanol–water partition coefficient (Wildman–Crippen LogP) is 5.17. The number of benzene rings is 2. The Kier molecular flexibility index (Phi) is 6.22. The number of nitrogens with zero attached hydrogens (tertiary/aromatic N) is 3. The van der Waals surface area contributed by atoms with Gasteiger partial charge in [-0.3, -0.25) is 4.79 Å². The van der Waals surface area contributed by atoms with Crippen molar-refractivity contribution in [2.24, 2.45) is 0 Å². The Balaban J connectivity index is 1.61. The second-order valence-electron chi connectivity index (χ2n) is 8.32. The topological polar surface area (TPSA) is 86.1 Å². The van der Waals surface area contributed by atoms with Crippen LogP contribution in [0.25, 0.3) is 11.0 Å². The van der Waals surface area contributed by atoms with Crippen molar-refractivity contribution in [2.75, 3.05) is 5.32 Å². The summed E-state index contributed by atoms with van der Waals surface area (Å²) in [5, 5.41) is 7.97. The minimum absolute atomic E-state index is 0.143. The fourth-order valence-corrected chi connectivity index (χ4v) is 3.57. The van der Waals surface area contributed by atoms with Crippen molar-refractivity contribution in [2.45, 2.75) is 39.8 Å². The molecule has 2 aromatic carbocycles. The number of carbonyl (C=O) groups is 2. The van der Waals surface area contributed by atoms with E-state index in [4.69, 9.17) is 4.74 Å². The number of rotatable bonds is 6. The average molecular weight is 443 g/mol. The quantitative estimate of drug-likeness (QED) is 0.417. The highest BCUT2D eigenvalue weighted by Crippen LogP contribution is 2.24. The molecule has 1 N–H and O–H groups in total. The summed E-state index contributed by atoms with van der Waals surface area (Å²) in [5.74, 6) is -1.06. The van der Waals surface area contributed by atoms with Crippen molar-refractivity contribution >= 4 is 28.6 Å². The number of aromatic nitrogens is 3. The highest BCUT2D eigenvalue weighted by molar-refractivity contribution is 5.99. The molecule has 4 rings (SSSR count). The van der Waals surface area contributed by atoms with Gasteiger partial charge in [0.05, 0.1) is 11.8 Å². The van der Waals surface area contributed by atoms with E-state index in [2.05, 4.69) is 15.4 Å². The number of pyridine rings is 1. The first-order chi connectivity index (χ1) is 15.8. The zero-order valence-corrected chi connectivity index (χ0v) is 19.1. The molecule has 1 amide bonds. The van der Waals surface area contributed by atoms with E-state index < -0.39 is 18.0 Å². The molecule has 0 radical (unpaired) electrons. The first kappa shape index (κ1) is 22.2. The lowest BCUT2D eigenvalue weighted by atomic mass is 10.1. The van der Waals surface area contributed by atoms with Crippen molar-refractivity contribution in [3.8, 4) is 0 Å². The minimum atomic E-state index is -1.12. The van der Waals surface area contributed by atoms with Crippen molar-refractivity contribution in [1.82, 2.24) is 14.8 Å². The molecule has 0 fully saturated rings. The molecule has 2 heterocycles. The normalized spacial score (nSPS) is 12.0. The van der Waals surface area contributed by atoms with Gasteiger partial charge in [0.25, 0.3) is 5.91 Å². The smallest absolute Gasteiger partial charge is 0.340 e. The van der Waals surface area contributed by atoms with Crippen molar-refractivity contribution in [1.29, 1.82) is 0 Å². The monoisotopic (exact) mass is 442 g/mol. The number of esters is 1. The summed E-state index contributed by atoms with van der Waals surface area (Å²) >= 11 is 0. The summed E-state index contributed by atoms with van der Waals surface area (Å²) in [6, 6.07) is 16.6. The molecule has 7 heteroatoms. The highest BCUT2D eigenvalue weighted by atomic mass is 16.5. The molecule has 0 aliphatic carbocycles. The van der Waals surface area contributed by atoms with Gasteiger partial charge in [0.2, 0.25) is 6.10 Å². The Labute approximate surface area is 192 Å². The van der Waals surface area contributed by atoms with Gasteiger partial charge in [0.1, 0.15) is 0 Å². The van der Waals surface area contributed by atoms with Crippen molar-refractivity contribution in [3.63, 3.8) is 0 Å². The maximum absolute atomic E-state index is 13.2. The van der Waals surface area contributed by atoms with Crippen LogP contribution in [0.15, 0.2) is 67.0 Å². The fourth-order valence-electron chi connectivity index (χ4n) is 3.57. The molecule has 4 aromatic rings. The Morgan fingerprint density at radius 2 is 1.76 bits per heavy atom. The summed E-state index contributed by atoms with van der Waals surface area (Å²) in [6.07, 6.45) is 2.00. The van der Waals surface area contributed by atoms with E-state index in [1.165, 1.54) is 6.20 Å². The number of carbonyl (C=O) groups excluding carboxylic acids is 2. The molecule has 1 atom stereocenters. The van der Waals surface area contributed by atoms with E-state index in [1.807, 2.05) is 52.0 Å². The Morgan fingerprint density at radius 3 is 2.48 bits per heavy atom. The molecule has 0 saturated carbocycles. The lowest BCUT2D eigenvalue weighted by molar-refractivity contribution is -0.125. The van der Waals surface area contributed by atoms with Gasteiger partial charge in [-0.15, -0.1) is 0 Å². The van der Waals surface area contributed by atoms with Gasteiger partial charge < -0.3 is 10.1 Å². The van der Waals surface area contributed by atoms with Gasteiger partial charge in [-0.25, -0.2) is 14.5 Å². The van der Waals surface area contributed by atoms with Gasteiger partial charge in [0, 0.05) is 28.9 Å². The number of aryl methyl sites for hydroxylation is 2. The number of nitrogens with one attached hydrogen (secondary N) is 1. The number of hydrogen-bond donors (Lipinski definition) is 1. The van der Waals surface area contributed by atoms with E-state index >= 15 is 0 Å². The van der Waals surface area contributed by atoms with Crippen LogP contribution >= 0.6 is 0 Å². The van der Waals surface area contributed by atoms with E-state index in [1.54, 1.807) is 41.2 Å². The molecule has 7 nitrogen and oxygen atoms in total. The molecule has 0 aliphatic heterocycles. The maximum atomic E-state index is 13.2. The summed E-state index contributed by atoms with van der Waals surface area (Å²) < 4.78 is 7.50. The van der Waals surface area contributed by atoms with Crippen molar-refractivity contribution in [3.05, 3.63) is 89.2 Å². The number of amides is 1. The van der Waals surface area contributed by atoms with Crippen LogP contribution in [-0.4, -0.2) is 26.6 Å². The minimum Gasteiger partial charge on any atom is -0.444 e. The summed E-state index contributed by atoms with van der Waals surface area (Å²) in [5.41, 5.74) is 4.14. The van der Waals surface area contributed by atoms with Crippen LogP contribution in [0.5, 0.6) is 0 Å². The molecule has 168 valence electrons. The second kappa shape index (κ2) is 9.24. The van der Waals surface area contributed by atoms with Crippen LogP contribution in [0.2, 0.25) is 0 Å². The fraction of sp³-hybridized carbons (Fsp3) is 0.231. The van der Waals surface area contributed by atoms with Gasteiger partial charge in [-0.1, -0.05) is 42.5 Å². The molecule has 0 saturated heterocycles. The third-order valence-electron chi connectivity index (χ3n) is 5.37. The van der Waals surface area contributed by atoms with Gasteiger partial charge >= 0.3 is 5.97 Å². The first-order valence-corrected chi connectivity index (χ1v) is 10.8. The van der Waals surface area contributed by atoms with Crippen LogP contribution in [0.4, 0.5) is 5.69 Å². The average Bonchev–Trinajstić information content (AvgIpc) is 3.24. The SMILES string of the molecule is Cc1ccc(C)c(NC(=O)C(OC(=O)c2cnc3c(cnn3C(C)C)c2)c2ccccc2)c1. The molecule has 0 spiro atoms. The van der Waals surface area contributed by atoms with Crippen LogP contribution < -0.4 is 5.32 Å². The third kappa shape index (κ3) is 4.77. The molecule has 0 bridgehead atoms. The van der Waals surface area contributed by atoms with Gasteiger partial charge in [-0.05, 0) is 51.0 Å². The zero-order chi connectivity index (χ0) is 23.5. The largest absolute Gasteiger partial charge is 0.444 e. The van der Waals surface area contributed by atoms with Crippen LogP contribution in [-0.2, 0) is 9.53 Å². The third-order valence-corrected chi connectivity index (χ3v) is 5.37.